The van der Waals surface area contributed by atoms with Crippen LogP contribution in [-0.2, 0) is 0 Å². The van der Waals surface area contributed by atoms with E-state index in [1.165, 1.54) is 12.1 Å². The van der Waals surface area contributed by atoms with Gasteiger partial charge in [-0.3, -0.25) is 0 Å². The first-order valence-corrected chi connectivity index (χ1v) is 4.26. The van der Waals surface area contributed by atoms with Crippen molar-refractivity contribution in [2.45, 2.75) is 6.42 Å². The van der Waals surface area contributed by atoms with Crippen LogP contribution in [0.5, 0.6) is 11.5 Å². The second kappa shape index (κ2) is 5.43. The minimum absolute atomic E-state index is 0.172. The van der Waals surface area contributed by atoms with Crippen LogP contribution >= 0.6 is 0 Å². The Morgan fingerprint density at radius 3 is 2.80 bits per heavy atom. The minimum atomic E-state index is -0.197. The van der Waals surface area contributed by atoms with Crippen LogP contribution in [0.2, 0.25) is 0 Å². The second-order valence-electron chi connectivity index (χ2n) is 2.71. The average Bonchev–Trinajstić information content (AvgIpc) is 2.23. The van der Waals surface area contributed by atoms with Crippen LogP contribution in [-0.4, -0.2) is 16.8 Å². The second-order valence-corrected chi connectivity index (χ2v) is 2.71. The van der Waals surface area contributed by atoms with E-state index in [2.05, 4.69) is 21.9 Å². The number of benzene rings is 1. The Balaban J connectivity index is 2.64. The molecule has 5 heteroatoms. The predicted octanol–water partition coefficient (Wildman–Crippen LogP) is 2.15. The maximum absolute atomic E-state index is 9.16. The first-order chi connectivity index (χ1) is 7.24. The monoisotopic (exact) mass is 203 g/mol. The van der Waals surface area contributed by atoms with Crippen molar-refractivity contribution < 1.29 is 10.2 Å². The van der Waals surface area contributed by atoms with Gasteiger partial charge in [0.2, 0.25) is 0 Å². The summed E-state index contributed by atoms with van der Waals surface area (Å²) in [6.45, 7) is 0.327. The molecule has 0 aliphatic rings. The standard InChI is InChI=1S/C10H9N3O2/c11-13-12-6-2-1-3-8-4-5-9(14)10(15)7-8/h4-5,7,14-15H,2,6H2. The van der Waals surface area contributed by atoms with Crippen molar-refractivity contribution in [3.63, 3.8) is 0 Å². The summed E-state index contributed by atoms with van der Waals surface area (Å²) in [7, 11) is 0. The number of azide groups is 1. The minimum Gasteiger partial charge on any atom is -0.504 e. The summed E-state index contributed by atoms with van der Waals surface area (Å²) in [6, 6.07) is 4.33. The van der Waals surface area contributed by atoms with Gasteiger partial charge in [0, 0.05) is 23.4 Å². The molecule has 0 aliphatic heterocycles. The highest BCUT2D eigenvalue weighted by atomic mass is 16.3. The summed E-state index contributed by atoms with van der Waals surface area (Å²) in [5, 5.41) is 21.5. The van der Waals surface area contributed by atoms with Crippen LogP contribution in [0, 0.1) is 11.8 Å². The van der Waals surface area contributed by atoms with Gasteiger partial charge < -0.3 is 10.2 Å². The molecule has 0 heterocycles. The lowest BCUT2D eigenvalue weighted by Gasteiger charge is -1.96. The van der Waals surface area contributed by atoms with Crippen molar-refractivity contribution in [3.8, 4) is 23.3 Å². The van der Waals surface area contributed by atoms with E-state index in [1.54, 1.807) is 6.07 Å². The van der Waals surface area contributed by atoms with Gasteiger partial charge in [0.1, 0.15) is 0 Å². The molecule has 0 radical (unpaired) electrons. The highest BCUT2D eigenvalue weighted by molar-refractivity contribution is 5.46. The van der Waals surface area contributed by atoms with Crippen LogP contribution in [0.25, 0.3) is 10.4 Å². The lowest BCUT2D eigenvalue weighted by molar-refractivity contribution is 0.403. The Morgan fingerprint density at radius 1 is 1.33 bits per heavy atom. The molecule has 0 atom stereocenters. The Labute approximate surface area is 86.6 Å². The molecule has 2 N–H and O–H groups in total. The van der Waals surface area contributed by atoms with E-state index in [1.807, 2.05) is 0 Å². The summed E-state index contributed by atoms with van der Waals surface area (Å²) in [5.74, 6) is 5.17. The maximum atomic E-state index is 9.16. The molecular formula is C10H9N3O2. The third kappa shape index (κ3) is 3.51. The van der Waals surface area contributed by atoms with Crippen LogP contribution in [0.1, 0.15) is 12.0 Å². The van der Waals surface area contributed by atoms with Crippen LogP contribution < -0.4 is 0 Å². The van der Waals surface area contributed by atoms with Gasteiger partial charge in [-0.2, -0.15) is 0 Å². The van der Waals surface area contributed by atoms with Crippen molar-refractivity contribution in [1.82, 2.24) is 0 Å². The van der Waals surface area contributed by atoms with E-state index in [9.17, 15) is 0 Å². The summed E-state index contributed by atoms with van der Waals surface area (Å²) >= 11 is 0. The molecule has 0 amide bonds. The number of aromatic hydroxyl groups is 2. The molecule has 1 aromatic rings. The third-order valence-corrected chi connectivity index (χ3v) is 1.61. The Bertz CT molecular complexity index is 453. The van der Waals surface area contributed by atoms with E-state index < -0.39 is 0 Å². The van der Waals surface area contributed by atoms with Crippen molar-refractivity contribution in [3.05, 3.63) is 34.2 Å². The molecular weight excluding hydrogens is 194 g/mol. The molecule has 0 aromatic heterocycles. The van der Waals surface area contributed by atoms with Crippen LogP contribution in [0.4, 0.5) is 0 Å². The van der Waals surface area contributed by atoms with Crippen LogP contribution in [0.15, 0.2) is 23.3 Å². The summed E-state index contributed by atoms with van der Waals surface area (Å²) in [4.78, 5) is 2.59. The number of hydrogen-bond donors (Lipinski definition) is 2. The van der Waals surface area contributed by atoms with Gasteiger partial charge >= 0.3 is 0 Å². The largest absolute Gasteiger partial charge is 0.504 e. The number of nitrogens with zero attached hydrogens (tertiary/aromatic N) is 3. The number of hydrogen-bond acceptors (Lipinski definition) is 3. The highest BCUT2D eigenvalue weighted by Gasteiger charge is 1.97. The zero-order valence-corrected chi connectivity index (χ0v) is 7.88. The summed E-state index contributed by atoms with van der Waals surface area (Å²) < 4.78 is 0. The van der Waals surface area contributed by atoms with Crippen LogP contribution in [0.3, 0.4) is 0 Å². The molecule has 0 fully saturated rings. The Hall–Kier alpha value is -2.31. The fraction of sp³-hybridized carbons (Fsp3) is 0.200. The van der Waals surface area contributed by atoms with E-state index in [-0.39, 0.29) is 11.5 Å². The fourth-order valence-electron chi connectivity index (χ4n) is 0.916. The molecule has 76 valence electrons. The first-order valence-electron chi connectivity index (χ1n) is 4.26. The average molecular weight is 203 g/mol. The SMILES string of the molecule is [N-]=[N+]=NCCC#Cc1ccc(O)c(O)c1. The van der Waals surface area contributed by atoms with E-state index in [0.717, 1.165) is 0 Å². The Morgan fingerprint density at radius 2 is 2.13 bits per heavy atom. The lowest BCUT2D eigenvalue weighted by atomic mass is 10.2. The van der Waals surface area contributed by atoms with E-state index in [0.29, 0.717) is 18.5 Å². The van der Waals surface area contributed by atoms with E-state index >= 15 is 0 Å². The normalized spacial score (nSPS) is 8.53. The number of phenolic OH excluding ortho intramolecular Hbond substituents is 2. The van der Waals surface area contributed by atoms with Crippen molar-refractivity contribution in [2.24, 2.45) is 5.11 Å². The number of phenols is 2. The zero-order chi connectivity index (χ0) is 11.1. The highest BCUT2D eigenvalue weighted by Crippen LogP contribution is 2.24. The molecule has 0 unspecified atom stereocenters. The third-order valence-electron chi connectivity index (χ3n) is 1.61. The molecule has 0 spiro atoms. The molecule has 0 saturated heterocycles. The van der Waals surface area contributed by atoms with Crippen molar-refractivity contribution in [1.29, 1.82) is 0 Å². The molecule has 15 heavy (non-hydrogen) atoms. The van der Waals surface area contributed by atoms with E-state index in [4.69, 9.17) is 15.7 Å². The summed E-state index contributed by atoms with van der Waals surface area (Å²) in [6.07, 6.45) is 0.464. The van der Waals surface area contributed by atoms with Gasteiger partial charge in [0.05, 0.1) is 0 Å². The quantitative estimate of drug-likeness (QED) is 0.192. The van der Waals surface area contributed by atoms with Crippen molar-refractivity contribution in [2.75, 3.05) is 6.54 Å². The van der Waals surface area contributed by atoms with Gasteiger partial charge in [0.15, 0.2) is 11.5 Å². The summed E-state index contributed by atoms with van der Waals surface area (Å²) in [5.41, 5.74) is 8.60. The molecule has 5 nitrogen and oxygen atoms in total. The molecule has 1 rings (SSSR count). The Kier molecular flexibility index (Phi) is 3.90. The predicted molar refractivity (Wildman–Crippen MR) is 55.3 cm³/mol. The lowest BCUT2D eigenvalue weighted by Crippen LogP contribution is -1.77. The molecule has 0 saturated carbocycles. The first kappa shape index (κ1) is 10.8. The molecule has 1 aromatic carbocycles. The maximum Gasteiger partial charge on any atom is 0.158 e. The topological polar surface area (TPSA) is 89.2 Å². The smallest absolute Gasteiger partial charge is 0.158 e. The number of rotatable bonds is 2. The molecule has 0 aliphatic carbocycles. The van der Waals surface area contributed by atoms with Gasteiger partial charge in [-0.05, 0) is 23.7 Å². The zero-order valence-electron chi connectivity index (χ0n) is 7.88. The van der Waals surface area contributed by atoms with Crippen molar-refractivity contribution >= 4 is 0 Å². The van der Waals surface area contributed by atoms with Gasteiger partial charge in [0.25, 0.3) is 0 Å². The molecule has 0 bridgehead atoms. The van der Waals surface area contributed by atoms with Gasteiger partial charge in [-0.15, -0.1) is 0 Å². The van der Waals surface area contributed by atoms with Gasteiger partial charge in [-0.25, -0.2) is 0 Å². The fourth-order valence-corrected chi connectivity index (χ4v) is 0.916. The van der Waals surface area contributed by atoms with Gasteiger partial charge in [-0.1, -0.05) is 17.0 Å².